The van der Waals surface area contributed by atoms with Crippen LogP contribution in [0, 0.1) is 6.92 Å². The molecule has 3 rings (SSSR count). The van der Waals surface area contributed by atoms with Gasteiger partial charge in [0, 0.05) is 11.1 Å². The average Bonchev–Trinajstić information content (AvgIpc) is 2.68. The molecule has 2 nitrogen and oxygen atoms in total. The molecule has 0 aromatic heterocycles. The van der Waals surface area contributed by atoms with E-state index in [2.05, 4.69) is 0 Å². The van der Waals surface area contributed by atoms with Gasteiger partial charge in [-0.15, -0.1) is 0 Å². The quantitative estimate of drug-likeness (QED) is 0.823. The maximum absolute atomic E-state index is 12.3. The Labute approximate surface area is 105 Å². The van der Waals surface area contributed by atoms with Crippen LogP contribution in [0.3, 0.4) is 0 Å². The summed E-state index contributed by atoms with van der Waals surface area (Å²) in [6, 6.07) is 12.7. The second kappa shape index (κ2) is 3.84. The summed E-state index contributed by atoms with van der Waals surface area (Å²) in [6.45, 7) is 1.90. The standard InChI is InChI=1S/C16H12O2/c1-10-8-12(17)6-7-13(10)15-9-11-4-2-3-5-14(11)16(15)18/h2-9,17H,1H3. The number of aryl methyl sites for hydroxylation is 1. The Hall–Kier alpha value is -2.35. The monoisotopic (exact) mass is 236 g/mol. The molecule has 0 unspecified atom stereocenters. The number of carbonyl (C=O) groups is 1. The average molecular weight is 236 g/mol. The number of ketones is 1. The summed E-state index contributed by atoms with van der Waals surface area (Å²) in [4.78, 5) is 12.3. The molecule has 0 fully saturated rings. The predicted molar refractivity (Wildman–Crippen MR) is 71.5 cm³/mol. The number of rotatable bonds is 1. The van der Waals surface area contributed by atoms with E-state index in [1.807, 2.05) is 37.3 Å². The summed E-state index contributed by atoms with van der Waals surface area (Å²) in [7, 11) is 0. The molecule has 1 aliphatic carbocycles. The highest BCUT2D eigenvalue weighted by atomic mass is 16.3. The minimum Gasteiger partial charge on any atom is -0.508 e. The molecule has 0 bridgehead atoms. The first-order valence-electron chi connectivity index (χ1n) is 5.82. The Balaban J connectivity index is 2.13. The van der Waals surface area contributed by atoms with Crippen LogP contribution in [0.2, 0.25) is 0 Å². The number of allylic oxidation sites excluding steroid dienone is 1. The van der Waals surface area contributed by atoms with Crippen LogP contribution >= 0.6 is 0 Å². The van der Waals surface area contributed by atoms with Crippen LogP contribution in [-0.2, 0) is 0 Å². The fourth-order valence-electron chi connectivity index (χ4n) is 2.35. The zero-order chi connectivity index (χ0) is 12.7. The lowest BCUT2D eigenvalue weighted by atomic mass is 9.98. The zero-order valence-electron chi connectivity index (χ0n) is 9.97. The third kappa shape index (κ3) is 1.54. The first-order chi connectivity index (χ1) is 8.66. The van der Waals surface area contributed by atoms with Crippen molar-refractivity contribution in [1.82, 2.24) is 0 Å². The summed E-state index contributed by atoms with van der Waals surface area (Å²) < 4.78 is 0. The summed E-state index contributed by atoms with van der Waals surface area (Å²) in [5, 5.41) is 9.42. The highest BCUT2D eigenvalue weighted by molar-refractivity contribution is 6.37. The van der Waals surface area contributed by atoms with E-state index < -0.39 is 0 Å². The zero-order valence-corrected chi connectivity index (χ0v) is 9.97. The predicted octanol–water partition coefficient (Wildman–Crippen LogP) is 3.44. The summed E-state index contributed by atoms with van der Waals surface area (Å²) in [5.74, 6) is 0.277. The number of Topliss-reactive ketones (excluding diaryl/α,β-unsaturated/α-hetero) is 1. The van der Waals surface area contributed by atoms with Gasteiger partial charge < -0.3 is 5.11 Å². The highest BCUT2D eigenvalue weighted by Gasteiger charge is 2.23. The molecule has 0 amide bonds. The highest BCUT2D eigenvalue weighted by Crippen LogP contribution is 2.33. The molecule has 18 heavy (non-hydrogen) atoms. The number of phenolic OH excluding ortho intramolecular Hbond substituents is 1. The van der Waals surface area contributed by atoms with Gasteiger partial charge in [-0.1, -0.05) is 30.3 Å². The van der Waals surface area contributed by atoms with Crippen molar-refractivity contribution < 1.29 is 9.90 Å². The second-order valence-corrected chi connectivity index (χ2v) is 4.47. The van der Waals surface area contributed by atoms with E-state index in [0.717, 1.165) is 22.3 Å². The van der Waals surface area contributed by atoms with Crippen molar-refractivity contribution in [3.05, 3.63) is 64.7 Å². The van der Waals surface area contributed by atoms with Crippen LogP contribution < -0.4 is 0 Å². The molecule has 0 atom stereocenters. The first kappa shape index (κ1) is 10.8. The van der Waals surface area contributed by atoms with Gasteiger partial charge in [-0.25, -0.2) is 0 Å². The Bertz CT molecular complexity index is 681. The van der Waals surface area contributed by atoms with Crippen LogP contribution in [0.1, 0.15) is 27.0 Å². The Morgan fingerprint density at radius 2 is 1.78 bits per heavy atom. The van der Waals surface area contributed by atoms with Crippen LogP contribution in [0.25, 0.3) is 11.6 Å². The van der Waals surface area contributed by atoms with E-state index >= 15 is 0 Å². The lowest BCUT2D eigenvalue weighted by Crippen LogP contribution is -1.99. The van der Waals surface area contributed by atoms with E-state index in [1.165, 1.54) is 0 Å². The Kier molecular flexibility index (Phi) is 2.30. The molecular weight excluding hydrogens is 224 g/mol. The van der Waals surface area contributed by atoms with E-state index in [1.54, 1.807) is 18.2 Å². The number of fused-ring (bicyclic) bond motifs is 1. The molecular formula is C16H12O2. The minimum atomic E-state index is 0.0550. The third-order valence-electron chi connectivity index (χ3n) is 3.25. The van der Waals surface area contributed by atoms with Gasteiger partial charge in [-0.05, 0) is 41.8 Å². The second-order valence-electron chi connectivity index (χ2n) is 4.47. The molecule has 1 N–H and O–H groups in total. The van der Waals surface area contributed by atoms with Crippen LogP contribution in [-0.4, -0.2) is 10.9 Å². The SMILES string of the molecule is Cc1cc(O)ccc1C1=Cc2ccccc2C1=O. The van der Waals surface area contributed by atoms with Gasteiger partial charge >= 0.3 is 0 Å². The fraction of sp³-hybridized carbons (Fsp3) is 0.0625. The molecule has 0 heterocycles. The van der Waals surface area contributed by atoms with Gasteiger partial charge in [-0.2, -0.15) is 0 Å². The van der Waals surface area contributed by atoms with Gasteiger partial charge in [0.2, 0.25) is 0 Å². The molecule has 0 saturated heterocycles. The lowest BCUT2D eigenvalue weighted by molar-refractivity contribution is 0.105. The van der Waals surface area contributed by atoms with Gasteiger partial charge in [-0.3, -0.25) is 4.79 Å². The van der Waals surface area contributed by atoms with Crippen LogP contribution in [0.15, 0.2) is 42.5 Å². The van der Waals surface area contributed by atoms with Crippen molar-refractivity contribution >= 4 is 17.4 Å². The van der Waals surface area contributed by atoms with Crippen LogP contribution in [0.4, 0.5) is 0 Å². The lowest BCUT2D eigenvalue weighted by Gasteiger charge is -2.06. The summed E-state index contributed by atoms with van der Waals surface area (Å²) in [5.41, 5.74) is 4.20. The molecule has 0 spiro atoms. The van der Waals surface area contributed by atoms with Crippen LogP contribution in [0.5, 0.6) is 5.75 Å². The van der Waals surface area contributed by atoms with Crippen molar-refractivity contribution in [2.75, 3.05) is 0 Å². The first-order valence-corrected chi connectivity index (χ1v) is 5.82. The molecule has 2 aromatic rings. The van der Waals surface area contributed by atoms with Gasteiger partial charge in [0.25, 0.3) is 0 Å². The topological polar surface area (TPSA) is 37.3 Å². The smallest absolute Gasteiger partial charge is 0.194 e. The van der Waals surface area contributed by atoms with E-state index in [4.69, 9.17) is 0 Å². The van der Waals surface area contributed by atoms with Crippen molar-refractivity contribution in [1.29, 1.82) is 0 Å². The molecule has 2 heteroatoms. The van der Waals surface area contributed by atoms with Gasteiger partial charge in [0.05, 0.1) is 0 Å². The number of carbonyl (C=O) groups excluding carboxylic acids is 1. The maximum Gasteiger partial charge on any atom is 0.194 e. The molecule has 0 saturated carbocycles. The Morgan fingerprint density at radius 3 is 2.50 bits per heavy atom. The molecule has 2 aromatic carbocycles. The number of benzene rings is 2. The normalized spacial score (nSPS) is 13.4. The van der Waals surface area contributed by atoms with Crippen molar-refractivity contribution in [3.8, 4) is 5.75 Å². The maximum atomic E-state index is 12.3. The molecule has 1 aliphatic rings. The fourth-order valence-corrected chi connectivity index (χ4v) is 2.35. The van der Waals surface area contributed by atoms with Crippen molar-refractivity contribution in [2.45, 2.75) is 6.92 Å². The molecule has 0 radical (unpaired) electrons. The van der Waals surface area contributed by atoms with Crippen molar-refractivity contribution in [2.24, 2.45) is 0 Å². The van der Waals surface area contributed by atoms with Gasteiger partial charge in [0.1, 0.15) is 5.75 Å². The van der Waals surface area contributed by atoms with Crippen molar-refractivity contribution in [3.63, 3.8) is 0 Å². The Morgan fingerprint density at radius 1 is 1.00 bits per heavy atom. The molecule has 0 aliphatic heterocycles. The number of aromatic hydroxyl groups is 1. The van der Waals surface area contributed by atoms with Gasteiger partial charge in [0.15, 0.2) is 5.78 Å². The van der Waals surface area contributed by atoms with E-state index in [-0.39, 0.29) is 11.5 Å². The van der Waals surface area contributed by atoms with E-state index in [0.29, 0.717) is 5.57 Å². The number of hydrogen-bond donors (Lipinski definition) is 1. The number of phenols is 1. The third-order valence-corrected chi connectivity index (χ3v) is 3.25. The summed E-state index contributed by atoms with van der Waals surface area (Å²) in [6.07, 6.45) is 1.91. The van der Waals surface area contributed by atoms with E-state index in [9.17, 15) is 9.90 Å². The molecule has 88 valence electrons. The minimum absolute atomic E-state index is 0.0550. The summed E-state index contributed by atoms with van der Waals surface area (Å²) >= 11 is 0. The number of hydrogen-bond acceptors (Lipinski definition) is 2. The largest absolute Gasteiger partial charge is 0.508 e.